The smallest absolute Gasteiger partial charge is 0.277 e. The summed E-state index contributed by atoms with van der Waals surface area (Å²) in [6, 6.07) is 9.60. The number of aryl methyl sites for hydroxylation is 1. The van der Waals surface area contributed by atoms with E-state index in [4.69, 9.17) is 9.15 Å². The normalized spacial score (nSPS) is 11.7. The van der Waals surface area contributed by atoms with Crippen molar-refractivity contribution in [1.29, 1.82) is 0 Å². The molecule has 0 unspecified atom stereocenters. The third-order valence-corrected chi connectivity index (χ3v) is 3.95. The van der Waals surface area contributed by atoms with Gasteiger partial charge in [0.1, 0.15) is 11.5 Å². The van der Waals surface area contributed by atoms with Gasteiger partial charge in [0.25, 0.3) is 5.91 Å². The minimum atomic E-state index is -0.327. The average Bonchev–Trinajstić information content (AvgIpc) is 2.90. The first-order chi connectivity index (χ1) is 11.3. The highest BCUT2D eigenvalue weighted by Crippen LogP contribution is 2.27. The van der Waals surface area contributed by atoms with E-state index in [-0.39, 0.29) is 17.9 Å². The van der Waals surface area contributed by atoms with Gasteiger partial charge in [-0.15, -0.1) is 0 Å². The molecule has 2 aromatic rings. The summed E-state index contributed by atoms with van der Waals surface area (Å²) in [7, 11) is 0. The van der Waals surface area contributed by atoms with E-state index in [0.717, 1.165) is 9.33 Å². The van der Waals surface area contributed by atoms with Crippen LogP contribution >= 0.6 is 22.6 Å². The van der Waals surface area contributed by atoms with Gasteiger partial charge in [-0.2, -0.15) is 5.10 Å². The van der Waals surface area contributed by atoms with Crippen LogP contribution < -0.4 is 10.2 Å². The lowest BCUT2D eigenvalue weighted by atomic mass is 9.86. The number of amides is 1. The Labute approximate surface area is 155 Å². The lowest BCUT2D eigenvalue weighted by Crippen LogP contribution is -2.24. The van der Waals surface area contributed by atoms with E-state index in [1.54, 1.807) is 6.07 Å². The van der Waals surface area contributed by atoms with Crippen LogP contribution in [-0.2, 0) is 10.2 Å². The van der Waals surface area contributed by atoms with Gasteiger partial charge >= 0.3 is 0 Å². The highest BCUT2D eigenvalue weighted by Gasteiger charge is 2.15. The fourth-order valence-corrected chi connectivity index (χ4v) is 2.45. The molecule has 0 fully saturated rings. The maximum atomic E-state index is 11.8. The number of hydrazone groups is 1. The summed E-state index contributed by atoms with van der Waals surface area (Å²) in [4.78, 5) is 11.8. The molecule has 0 atom stereocenters. The van der Waals surface area contributed by atoms with Gasteiger partial charge in [0.05, 0.1) is 6.21 Å². The molecule has 0 radical (unpaired) electrons. The van der Waals surface area contributed by atoms with Crippen molar-refractivity contribution in [3.63, 3.8) is 0 Å². The zero-order valence-electron chi connectivity index (χ0n) is 14.2. The van der Waals surface area contributed by atoms with E-state index in [1.807, 2.05) is 25.1 Å². The van der Waals surface area contributed by atoms with Crippen molar-refractivity contribution in [2.45, 2.75) is 33.1 Å². The number of hydrogen-bond acceptors (Lipinski definition) is 4. The van der Waals surface area contributed by atoms with Gasteiger partial charge in [-0.25, -0.2) is 5.43 Å². The Morgan fingerprint density at radius 1 is 1.33 bits per heavy atom. The monoisotopic (exact) mass is 440 g/mol. The second-order valence-corrected chi connectivity index (χ2v) is 7.52. The number of carbonyl (C=O) groups is 1. The number of nitrogens with one attached hydrogen (secondary N) is 1. The number of halogens is 1. The van der Waals surface area contributed by atoms with E-state index in [2.05, 4.69) is 60.0 Å². The van der Waals surface area contributed by atoms with Crippen molar-refractivity contribution >= 4 is 34.7 Å². The zero-order valence-corrected chi connectivity index (χ0v) is 16.4. The number of rotatable bonds is 5. The van der Waals surface area contributed by atoms with E-state index in [1.165, 1.54) is 11.8 Å². The largest absolute Gasteiger partial charge is 0.483 e. The first kappa shape index (κ1) is 18.5. The first-order valence-electron chi connectivity index (χ1n) is 7.57. The average molecular weight is 440 g/mol. The van der Waals surface area contributed by atoms with Crippen molar-refractivity contribution in [3.8, 4) is 5.75 Å². The minimum absolute atomic E-state index is 0.0824. The van der Waals surface area contributed by atoms with Crippen LogP contribution in [0.4, 0.5) is 0 Å². The van der Waals surface area contributed by atoms with Gasteiger partial charge in [0.15, 0.2) is 10.4 Å². The summed E-state index contributed by atoms with van der Waals surface area (Å²) < 4.78 is 11.6. The van der Waals surface area contributed by atoms with Crippen LogP contribution in [0.3, 0.4) is 0 Å². The predicted octanol–water partition coefficient (Wildman–Crippen LogP) is 4.02. The molecule has 0 saturated heterocycles. The van der Waals surface area contributed by atoms with Gasteiger partial charge in [-0.3, -0.25) is 4.79 Å². The van der Waals surface area contributed by atoms with Crippen molar-refractivity contribution in [2.24, 2.45) is 5.10 Å². The molecule has 1 aromatic carbocycles. The fourth-order valence-electron chi connectivity index (χ4n) is 2.02. The quantitative estimate of drug-likeness (QED) is 0.434. The summed E-state index contributed by atoms with van der Waals surface area (Å²) in [5.74, 6) is 0.948. The van der Waals surface area contributed by atoms with Gasteiger partial charge in [0.2, 0.25) is 0 Å². The number of ether oxygens (including phenoxy) is 1. The van der Waals surface area contributed by atoms with E-state index < -0.39 is 0 Å². The van der Waals surface area contributed by atoms with Crippen LogP contribution in [0.15, 0.2) is 39.9 Å². The number of nitrogens with zero attached hydrogens (tertiary/aromatic N) is 1. The van der Waals surface area contributed by atoms with Crippen LogP contribution in [0.1, 0.15) is 37.7 Å². The van der Waals surface area contributed by atoms with Crippen LogP contribution in [0.5, 0.6) is 5.75 Å². The van der Waals surface area contributed by atoms with Crippen LogP contribution in [-0.4, -0.2) is 18.7 Å². The molecule has 5 nitrogen and oxygen atoms in total. The Morgan fingerprint density at radius 2 is 2.08 bits per heavy atom. The molecule has 0 bridgehead atoms. The fraction of sp³-hybridized carbons (Fsp3) is 0.333. The Bertz CT molecular complexity index is 745. The number of benzene rings is 1. The minimum Gasteiger partial charge on any atom is -0.483 e. The summed E-state index contributed by atoms with van der Waals surface area (Å²) in [6.07, 6.45) is 1.45. The Balaban J connectivity index is 1.86. The second kappa shape index (κ2) is 7.83. The molecular formula is C18H21IN2O3. The summed E-state index contributed by atoms with van der Waals surface area (Å²) in [6.45, 7) is 8.36. The summed E-state index contributed by atoms with van der Waals surface area (Å²) in [5, 5.41) is 3.83. The molecule has 0 aliphatic carbocycles. The third kappa shape index (κ3) is 5.36. The second-order valence-electron chi connectivity index (χ2n) is 6.45. The van der Waals surface area contributed by atoms with Gasteiger partial charge in [-0.05, 0) is 64.3 Å². The molecule has 1 aromatic heterocycles. The molecular weight excluding hydrogens is 419 g/mol. The predicted molar refractivity (Wildman–Crippen MR) is 103 cm³/mol. The molecule has 24 heavy (non-hydrogen) atoms. The maximum absolute atomic E-state index is 11.8. The standard InChI is InChI=1S/C18H21IN2O3/c1-12-9-13(18(2,3)4)5-7-15(12)23-11-17(22)21-20-10-14-6-8-16(19)24-14/h5-10H,11H2,1-4H3,(H,21,22)/b20-10+. The molecule has 1 heterocycles. The lowest BCUT2D eigenvalue weighted by Gasteiger charge is -2.20. The van der Waals surface area contributed by atoms with Crippen molar-refractivity contribution in [1.82, 2.24) is 5.43 Å². The molecule has 128 valence electrons. The first-order valence-corrected chi connectivity index (χ1v) is 8.65. The molecule has 1 amide bonds. The topological polar surface area (TPSA) is 63.8 Å². The van der Waals surface area contributed by atoms with Gasteiger partial charge in [-0.1, -0.05) is 32.9 Å². The highest BCUT2D eigenvalue weighted by molar-refractivity contribution is 14.1. The molecule has 6 heteroatoms. The number of carbonyl (C=O) groups excluding carboxylic acids is 1. The molecule has 0 aliphatic heterocycles. The zero-order chi connectivity index (χ0) is 17.7. The highest BCUT2D eigenvalue weighted by atomic mass is 127. The van der Waals surface area contributed by atoms with E-state index in [9.17, 15) is 4.79 Å². The van der Waals surface area contributed by atoms with Crippen LogP contribution in [0, 0.1) is 10.7 Å². The van der Waals surface area contributed by atoms with Gasteiger partial charge in [0, 0.05) is 0 Å². The number of hydrogen-bond donors (Lipinski definition) is 1. The molecule has 0 spiro atoms. The van der Waals surface area contributed by atoms with Crippen molar-refractivity contribution in [3.05, 3.63) is 51.0 Å². The van der Waals surface area contributed by atoms with Crippen LogP contribution in [0.25, 0.3) is 0 Å². The third-order valence-electron chi connectivity index (χ3n) is 3.37. The Morgan fingerprint density at radius 3 is 2.67 bits per heavy atom. The maximum Gasteiger partial charge on any atom is 0.277 e. The molecule has 1 N–H and O–H groups in total. The van der Waals surface area contributed by atoms with Crippen LogP contribution in [0.2, 0.25) is 0 Å². The van der Waals surface area contributed by atoms with E-state index in [0.29, 0.717) is 11.5 Å². The Kier molecular flexibility index (Phi) is 6.04. The van der Waals surface area contributed by atoms with E-state index >= 15 is 0 Å². The van der Waals surface area contributed by atoms with Crippen molar-refractivity contribution < 1.29 is 13.9 Å². The van der Waals surface area contributed by atoms with Crippen molar-refractivity contribution in [2.75, 3.05) is 6.61 Å². The molecule has 0 aliphatic rings. The SMILES string of the molecule is Cc1cc(C(C)(C)C)ccc1OCC(=O)N/N=C/c1ccc(I)o1. The van der Waals surface area contributed by atoms with Gasteiger partial charge < -0.3 is 9.15 Å². The summed E-state index contributed by atoms with van der Waals surface area (Å²) in [5.41, 5.74) is 4.73. The lowest BCUT2D eigenvalue weighted by molar-refractivity contribution is -0.123. The summed E-state index contributed by atoms with van der Waals surface area (Å²) >= 11 is 2.06. The Hall–Kier alpha value is -1.83. The molecule has 2 rings (SSSR count). The number of furan rings is 1. The molecule has 0 saturated carbocycles.